The molecule has 18 heavy (non-hydrogen) atoms. The number of anilines is 1. The van der Waals surface area contributed by atoms with Crippen molar-refractivity contribution in [1.82, 2.24) is 4.98 Å². The van der Waals surface area contributed by atoms with Gasteiger partial charge in [0.15, 0.2) is 11.6 Å². The number of hydrogen-bond acceptors (Lipinski definition) is 4. The lowest BCUT2D eigenvalue weighted by atomic mass is 9.86. The number of carbonyl (C=O) groups is 1. The number of carbonyl (C=O) groups excluding carboxylic acids is 1. The summed E-state index contributed by atoms with van der Waals surface area (Å²) in [7, 11) is 1.41. The second kappa shape index (κ2) is 5.80. The summed E-state index contributed by atoms with van der Waals surface area (Å²) in [6.07, 6.45) is 4.77. The van der Waals surface area contributed by atoms with Crippen LogP contribution in [0.2, 0.25) is 0 Å². The highest BCUT2D eigenvalue weighted by molar-refractivity contribution is 5.72. The Bertz CT molecular complexity index is 417. The third-order valence-electron chi connectivity index (χ3n) is 3.36. The average Bonchev–Trinajstić information content (AvgIpc) is 2.41. The van der Waals surface area contributed by atoms with Gasteiger partial charge in [0.2, 0.25) is 0 Å². The first kappa shape index (κ1) is 12.8. The molecule has 0 bridgehead atoms. The topological polar surface area (TPSA) is 51.2 Å². The van der Waals surface area contributed by atoms with Crippen LogP contribution in [0.15, 0.2) is 18.3 Å². The molecule has 5 heteroatoms. The molecule has 1 aliphatic rings. The Hall–Kier alpha value is -1.65. The summed E-state index contributed by atoms with van der Waals surface area (Å²) in [5, 5.41) is 3.09. The van der Waals surface area contributed by atoms with Crippen molar-refractivity contribution in [3.05, 3.63) is 24.1 Å². The molecule has 0 atom stereocenters. The summed E-state index contributed by atoms with van der Waals surface area (Å²) in [5.41, 5.74) is 0. The largest absolute Gasteiger partial charge is 0.469 e. The molecule has 1 heterocycles. The zero-order chi connectivity index (χ0) is 13.0. The summed E-state index contributed by atoms with van der Waals surface area (Å²) < 4.78 is 18.1. The number of hydrogen-bond donors (Lipinski definition) is 1. The van der Waals surface area contributed by atoms with Crippen LogP contribution < -0.4 is 5.32 Å². The van der Waals surface area contributed by atoms with Crippen LogP contribution >= 0.6 is 0 Å². The Labute approximate surface area is 106 Å². The zero-order valence-electron chi connectivity index (χ0n) is 10.4. The van der Waals surface area contributed by atoms with Crippen LogP contribution in [0.1, 0.15) is 25.7 Å². The van der Waals surface area contributed by atoms with Gasteiger partial charge >= 0.3 is 5.97 Å². The van der Waals surface area contributed by atoms with E-state index in [4.69, 9.17) is 4.74 Å². The molecule has 4 nitrogen and oxygen atoms in total. The third-order valence-corrected chi connectivity index (χ3v) is 3.36. The van der Waals surface area contributed by atoms with Crippen LogP contribution in [0.4, 0.5) is 10.2 Å². The van der Waals surface area contributed by atoms with E-state index in [-0.39, 0.29) is 23.7 Å². The molecule has 1 aromatic heterocycles. The number of nitrogens with one attached hydrogen (secondary N) is 1. The summed E-state index contributed by atoms with van der Waals surface area (Å²) in [6, 6.07) is 3.12. The molecule has 1 saturated carbocycles. The average molecular weight is 252 g/mol. The first-order chi connectivity index (χ1) is 8.70. The molecular formula is C13H17FN2O2. The molecule has 0 amide bonds. The van der Waals surface area contributed by atoms with Crippen molar-refractivity contribution in [2.24, 2.45) is 5.92 Å². The number of pyridine rings is 1. The SMILES string of the molecule is COC(=O)C1CCC(Nc2ncccc2F)CC1. The molecule has 1 N–H and O–H groups in total. The van der Waals surface area contributed by atoms with Gasteiger partial charge in [0.25, 0.3) is 0 Å². The van der Waals surface area contributed by atoms with Crippen LogP contribution in [-0.4, -0.2) is 24.1 Å². The molecule has 2 rings (SSSR count). The normalized spacial score (nSPS) is 23.4. The Morgan fingerprint density at radius 3 is 2.78 bits per heavy atom. The number of esters is 1. The van der Waals surface area contributed by atoms with Crippen molar-refractivity contribution in [2.75, 3.05) is 12.4 Å². The van der Waals surface area contributed by atoms with E-state index >= 15 is 0 Å². The Kier molecular flexibility index (Phi) is 4.12. The summed E-state index contributed by atoms with van der Waals surface area (Å²) in [4.78, 5) is 15.3. The minimum absolute atomic E-state index is 0.0124. The van der Waals surface area contributed by atoms with Gasteiger partial charge in [-0.2, -0.15) is 0 Å². The molecule has 0 spiro atoms. The minimum Gasteiger partial charge on any atom is -0.469 e. The number of halogens is 1. The van der Waals surface area contributed by atoms with Gasteiger partial charge in [-0.3, -0.25) is 4.79 Å². The fourth-order valence-corrected chi connectivity index (χ4v) is 2.33. The number of rotatable bonds is 3. The summed E-state index contributed by atoms with van der Waals surface area (Å²) in [5.74, 6) is -0.203. The van der Waals surface area contributed by atoms with Gasteiger partial charge in [-0.05, 0) is 37.8 Å². The smallest absolute Gasteiger partial charge is 0.308 e. The van der Waals surface area contributed by atoms with Gasteiger partial charge in [0, 0.05) is 12.2 Å². The molecule has 1 aromatic rings. The van der Waals surface area contributed by atoms with E-state index in [1.807, 2.05) is 0 Å². The maximum Gasteiger partial charge on any atom is 0.308 e. The van der Waals surface area contributed by atoms with Crippen molar-refractivity contribution in [2.45, 2.75) is 31.7 Å². The quantitative estimate of drug-likeness (QED) is 0.839. The van der Waals surface area contributed by atoms with Crippen molar-refractivity contribution in [1.29, 1.82) is 0 Å². The number of nitrogens with zero attached hydrogens (tertiary/aromatic N) is 1. The Morgan fingerprint density at radius 1 is 1.44 bits per heavy atom. The maximum absolute atomic E-state index is 13.4. The van der Waals surface area contributed by atoms with Gasteiger partial charge < -0.3 is 10.1 Å². The molecule has 0 unspecified atom stereocenters. The number of ether oxygens (including phenoxy) is 1. The molecule has 98 valence electrons. The van der Waals surface area contributed by atoms with Gasteiger partial charge in [-0.1, -0.05) is 0 Å². The van der Waals surface area contributed by atoms with Gasteiger partial charge in [-0.25, -0.2) is 9.37 Å². The van der Waals surface area contributed by atoms with Crippen LogP contribution in [0.3, 0.4) is 0 Å². The second-order valence-corrected chi connectivity index (χ2v) is 4.55. The molecule has 1 fully saturated rings. The highest BCUT2D eigenvalue weighted by atomic mass is 19.1. The molecule has 0 aliphatic heterocycles. The summed E-state index contributed by atoms with van der Waals surface area (Å²) >= 11 is 0. The van der Waals surface area contributed by atoms with Crippen LogP contribution in [0.25, 0.3) is 0 Å². The lowest BCUT2D eigenvalue weighted by molar-refractivity contribution is -0.146. The third kappa shape index (κ3) is 2.97. The van der Waals surface area contributed by atoms with Crippen LogP contribution in [0, 0.1) is 11.7 Å². The number of aromatic nitrogens is 1. The molecule has 0 radical (unpaired) electrons. The van der Waals surface area contributed by atoms with E-state index in [2.05, 4.69) is 10.3 Å². The van der Waals surface area contributed by atoms with E-state index in [0.29, 0.717) is 5.82 Å². The van der Waals surface area contributed by atoms with E-state index in [1.165, 1.54) is 13.2 Å². The standard InChI is InChI=1S/C13H17FN2O2/c1-18-13(17)9-4-6-10(7-5-9)16-12-11(14)3-2-8-15-12/h2-3,8-10H,4-7H2,1H3,(H,15,16). The predicted octanol–water partition coefficient (Wildman–Crippen LogP) is 2.36. The van der Waals surface area contributed by atoms with E-state index in [0.717, 1.165) is 25.7 Å². The van der Waals surface area contributed by atoms with Crippen molar-refractivity contribution < 1.29 is 13.9 Å². The lowest BCUT2D eigenvalue weighted by Gasteiger charge is -2.27. The summed E-state index contributed by atoms with van der Waals surface area (Å²) in [6.45, 7) is 0. The van der Waals surface area contributed by atoms with E-state index in [9.17, 15) is 9.18 Å². The predicted molar refractivity (Wildman–Crippen MR) is 65.6 cm³/mol. The lowest BCUT2D eigenvalue weighted by Crippen LogP contribution is -2.30. The Morgan fingerprint density at radius 2 is 2.17 bits per heavy atom. The second-order valence-electron chi connectivity index (χ2n) is 4.55. The zero-order valence-corrected chi connectivity index (χ0v) is 10.4. The monoisotopic (exact) mass is 252 g/mol. The first-order valence-electron chi connectivity index (χ1n) is 6.15. The maximum atomic E-state index is 13.4. The molecule has 0 aromatic carbocycles. The van der Waals surface area contributed by atoms with Crippen molar-refractivity contribution >= 4 is 11.8 Å². The van der Waals surface area contributed by atoms with Gasteiger partial charge in [0.1, 0.15) is 0 Å². The van der Waals surface area contributed by atoms with Crippen LogP contribution in [0.5, 0.6) is 0 Å². The fourth-order valence-electron chi connectivity index (χ4n) is 2.33. The molecule has 0 saturated heterocycles. The van der Waals surface area contributed by atoms with Crippen molar-refractivity contribution in [3.63, 3.8) is 0 Å². The Balaban J connectivity index is 1.87. The highest BCUT2D eigenvalue weighted by Gasteiger charge is 2.27. The van der Waals surface area contributed by atoms with Gasteiger partial charge in [-0.15, -0.1) is 0 Å². The van der Waals surface area contributed by atoms with E-state index < -0.39 is 0 Å². The first-order valence-corrected chi connectivity index (χ1v) is 6.15. The highest BCUT2D eigenvalue weighted by Crippen LogP contribution is 2.27. The number of methoxy groups -OCH3 is 1. The van der Waals surface area contributed by atoms with E-state index in [1.54, 1.807) is 12.3 Å². The fraction of sp³-hybridized carbons (Fsp3) is 0.538. The van der Waals surface area contributed by atoms with Crippen LogP contribution in [-0.2, 0) is 9.53 Å². The van der Waals surface area contributed by atoms with Crippen molar-refractivity contribution in [3.8, 4) is 0 Å². The van der Waals surface area contributed by atoms with Gasteiger partial charge in [0.05, 0.1) is 13.0 Å². The minimum atomic E-state index is -0.340. The molecular weight excluding hydrogens is 235 g/mol. The molecule has 1 aliphatic carbocycles.